The molecule has 0 atom stereocenters. The number of sulfonamides is 1. The number of carbonyl (C=O) groups excluding carboxylic acids is 1. The van der Waals surface area contributed by atoms with Crippen LogP contribution in [0.15, 0.2) is 45.8 Å². The molecule has 11 heteroatoms. The lowest BCUT2D eigenvalue weighted by molar-refractivity contribution is -0.120. The molecular weight excluding hydrogens is 500 g/mol. The van der Waals surface area contributed by atoms with Gasteiger partial charge in [-0.1, -0.05) is 27.3 Å². The van der Waals surface area contributed by atoms with Crippen molar-refractivity contribution >= 4 is 58.5 Å². The molecule has 1 aliphatic heterocycles. The fraction of sp³-hybridized carbons (Fsp3) is 0.263. The minimum absolute atomic E-state index is 0.117. The van der Waals surface area contributed by atoms with E-state index in [0.717, 1.165) is 26.8 Å². The first kappa shape index (κ1) is 21.3. The van der Waals surface area contributed by atoms with Gasteiger partial charge in [0.05, 0.1) is 15.1 Å². The lowest BCUT2D eigenvalue weighted by Gasteiger charge is -2.30. The lowest BCUT2D eigenvalue weighted by Crippen LogP contribution is -2.41. The van der Waals surface area contributed by atoms with Crippen molar-refractivity contribution < 1.29 is 22.0 Å². The third kappa shape index (κ3) is 4.25. The number of nitrogens with zero attached hydrogens (tertiary/aromatic N) is 2. The van der Waals surface area contributed by atoms with E-state index < -0.39 is 21.7 Å². The molecule has 0 unspecified atom stereocenters. The highest BCUT2D eigenvalue weighted by Crippen LogP contribution is 2.30. The number of thiazole rings is 1. The van der Waals surface area contributed by atoms with E-state index in [-0.39, 0.29) is 29.8 Å². The van der Waals surface area contributed by atoms with Crippen LogP contribution >= 0.6 is 27.3 Å². The zero-order valence-corrected chi connectivity index (χ0v) is 18.7. The average molecular weight is 516 g/mol. The Morgan fingerprint density at radius 2 is 1.87 bits per heavy atom. The van der Waals surface area contributed by atoms with Gasteiger partial charge in [0.1, 0.15) is 0 Å². The smallest absolute Gasteiger partial charge is 0.243 e. The van der Waals surface area contributed by atoms with Gasteiger partial charge in [-0.15, -0.1) is 0 Å². The van der Waals surface area contributed by atoms with E-state index in [1.807, 2.05) is 18.2 Å². The topological polar surface area (TPSA) is 79.4 Å². The summed E-state index contributed by atoms with van der Waals surface area (Å²) >= 11 is 4.76. The van der Waals surface area contributed by atoms with Gasteiger partial charge in [-0.25, -0.2) is 22.2 Å². The number of nitrogens with one attached hydrogen (secondary N) is 1. The summed E-state index contributed by atoms with van der Waals surface area (Å²) in [5, 5.41) is 3.30. The predicted molar refractivity (Wildman–Crippen MR) is 114 cm³/mol. The Morgan fingerprint density at radius 1 is 1.13 bits per heavy atom. The number of benzene rings is 2. The first-order valence-corrected chi connectivity index (χ1v) is 12.1. The monoisotopic (exact) mass is 515 g/mol. The molecule has 3 aromatic rings. The van der Waals surface area contributed by atoms with E-state index >= 15 is 0 Å². The van der Waals surface area contributed by atoms with Crippen LogP contribution in [0.3, 0.4) is 0 Å². The normalized spacial score (nSPS) is 16.1. The third-order valence-corrected chi connectivity index (χ3v) is 8.26. The minimum atomic E-state index is -3.95. The molecule has 2 aromatic carbocycles. The van der Waals surface area contributed by atoms with E-state index in [9.17, 15) is 22.0 Å². The highest BCUT2D eigenvalue weighted by atomic mass is 79.9. The summed E-state index contributed by atoms with van der Waals surface area (Å²) in [6.07, 6.45) is 0.649. The number of fused-ring (bicyclic) bond motifs is 1. The molecule has 0 spiro atoms. The van der Waals surface area contributed by atoms with Crippen LogP contribution in [0.4, 0.5) is 13.9 Å². The van der Waals surface area contributed by atoms with Crippen LogP contribution in [0.2, 0.25) is 0 Å². The number of rotatable bonds is 4. The molecule has 1 aromatic heterocycles. The largest absolute Gasteiger partial charge is 0.302 e. The summed E-state index contributed by atoms with van der Waals surface area (Å²) in [7, 11) is -3.95. The quantitative estimate of drug-likeness (QED) is 0.559. The molecule has 1 fully saturated rings. The number of piperidine rings is 1. The minimum Gasteiger partial charge on any atom is -0.302 e. The van der Waals surface area contributed by atoms with Gasteiger partial charge in [-0.3, -0.25) is 4.79 Å². The molecule has 6 nitrogen and oxygen atoms in total. The van der Waals surface area contributed by atoms with Crippen molar-refractivity contribution in [2.45, 2.75) is 17.7 Å². The molecule has 0 saturated carbocycles. The van der Waals surface area contributed by atoms with Crippen molar-refractivity contribution in [3.63, 3.8) is 0 Å². The Balaban J connectivity index is 1.40. The van der Waals surface area contributed by atoms with Gasteiger partial charge in [-0.05, 0) is 49.2 Å². The fourth-order valence-corrected chi connectivity index (χ4v) is 6.21. The molecule has 0 bridgehead atoms. The molecule has 158 valence electrons. The van der Waals surface area contributed by atoms with Crippen LogP contribution in [0, 0.1) is 17.6 Å². The van der Waals surface area contributed by atoms with Gasteiger partial charge >= 0.3 is 0 Å². The summed E-state index contributed by atoms with van der Waals surface area (Å²) < 4.78 is 54.9. The summed E-state index contributed by atoms with van der Waals surface area (Å²) in [5.74, 6) is -2.89. The van der Waals surface area contributed by atoms with Crippen LogP contribution in [0.5, 0.6) is 0 Å². The Hall–Kier alpha value is -1.95. The van der Waals surface area contributed by atoms with Crippen LogP contribution in [0.1, 0.15) is 12.8 Å². The number of aromatic nitrogens is 1. The summed E-state index contributed by atoms with van der Waals surface area (Å²) in [6.45, 7) is 0.235. The van der Waals surface area contributed by atoms with E-state index in [2.05, 4.69) is 26.2 Å². The van der Waals surface area contributed by atoms with Crippen LogP contribution in [0.25, 0.3) is 10.2 Å². The first-order chi connectivity index (χ1) is 14.2. The zero-order valence-electron chi connectivity index (χ0n) is 15.4. The number of halogens is 3. The maximum absolute atomic E-state index is 13.4. The maximum atomic E-state index is 13.4. The van der Waals surface area contributed by atoms with Crippen molar-refractivity contribution in [2.75, 3.05) is 18.4 Å². The van der Waals surface area contributed by atoms with Gasteiger partial charge < -0.3 is 5.32 Å². The van der Waals surface area contributed by atoms with Crippen molar-refractivity contribution in [3.05, 3.63) is 52.5 Å². The highest BCUT2D eigenvalue weighted by Gasteiger charge is 2.32. The van der Waals surface area contributed by atoms with E-state index in [1.165, 1.54) is 15.6 Å². The van der Waals surface area contributed by atoms with Gasteiger partial charge in [0.15, 0.2) is 16.8 Å². The van der Waals surface area contributed by atoms with Gasteiger partial charge in [-0.2, -0.15) is 4.31 Å². The second kappa shape index (κ2) is 8.29. The fourth-order valence-electron chi connectivity index (χ4n) is 3.30. The maximum Gasteiger partial charge on any atom is 0.243 e. The number of anilines is 1. The molecule has 0 radical (unpaired) electrons. The highest BCUT2D eigenvalue weighted by molar-refractivity contribution is 9.10. The van der Waals surface area contributed by atoms with Crippen molar-refractivity contribution in [1.82, 2.24) is 9.29 Å². The number of carbonyl (C=O) groups is 1. The third-order valence-electron chi connectivity index (χ3n) is 4.93. The van der Waals surface area contributed by atoms with Gasteiger partial charge in [0.25, 0.3) is 0 Å². The van der Waals surface area contributed by atoms with Crippen LogP contribution < -0.4 is 5.32 Å². The summed E-state index contributed by atoms with van der Waals surface area (Å²) in [5.41, 5.74) is 0.783. The van der Waals surface area contributed by atoms with Crippen LogP contribution in [-0.2, 0) is 14.8 Å². The standard InChI is InChI=1S/C19H16BrF2N3O3S2/c20-12-1-4-16-17(9-12)29-19(23-16)24-18(26)11-5-7-25(8-6-11)30(27,28)13-2-3-14(21)15(22)10-13/h1-4,9-11H,5-8H2,(H,23,24,26). The van der Waals surface area contributed by atoms with E-state index in [0.29, 0.717) is 24.0 Å². The molecule has 2 heterocycles. The van der Waals surface area contributed by atoms with Crippen molar-refractivity contribution in [2.24, 2.45) is 5.92 Å². The summed E-state index contributed by atoms with van der Waals surface area (Å²) in [6, 6.07) is 8.15. The first-order valence-electron chi connectivity index (χ1n) is 9.06. The van der Waals surface area contributed by atoms with Crippen LogP contribution in [-0.4, -0.2) is 36.7 Å². The average Bonchev–Trinajstić information content (AvgIpc) is 3.11. The molecule has 1 aliphatic rings. The zero-order chi connectivity index (χ0) is 21.5. The number of hydrogen-bond donors (Lipinski definition) is 1. The molecular formula is C19H16BrF2N3O3S2. The molecule has 1 saturated heterocycles. The Bertz CT molecular complexity index is 1220. The molecule has 0 aliphatic carbocycles. The predicted octanol–water partition coefficient (Wildman–Crippen LogP) is 4.38. The Kier molecular flexibility index (Phi) is 5.88. The molecule has 1 amide bonds. The molecule has 1 N–H and O–H groups in total. The van der Waals surface area contributed by atoms with Gasteiger partial charge in [0, 0.05) is 23.5 Å². The Labute approximate surface area is 184 Å². The second-order valence-corrected chi connectivity index (χ2v) is 10.8. The molecule has 30 heavy (non-hydrogen) atoms. The Morgan fingerprint density at radius 3 is 2.57 bits per heavy atom. The lowest BCUT2D eigenvalue weighted by atomic mass is 9.97. The second-order valence-electron chi connectivity index (χ2n) is 6.87. The van der Waals surface area contributed by atoms with Crippen molar-refractivity contribution in [3.8, 4) is 0 Å². The van der Waals surface area contributed by atoms with Crippen molar-refractivity contribution in [1.29, 1.82) is 0 Å². The van der Waals surface area contributed by atoms with E-state index in [4.69, 9.17) is 0 Å². The number of amides is 1. The number of hydrogen-bond acceptors (Lipinski definition) is 5. The van der Waals surface area contributed by atoms with Gasteiger partial charge in [0.2, 0.25) is 15.9 Å². The molecule has 4 rings (SSSR count). The SMILES string of the molecule is O=C(Nc1nc2ccc(Br)cc2s1)C1CCN(S(=O)(=O)c2ccc(F)c(F)c2)CC1. The summed E-state index contributed by atoms with van der Waals surface area (Å²) in [4.78, 5) is 16.7. The van der Waals surface area contributed by atoms with E-state index in [1.54, 1.807) is 0 Å².